The number of benzene rings is 1. The Morgan fingerprint density at radius 1 is 1.32 bits per heavy atom. The third-order valence-corrected chi connectivity index (χ3v) is 4.60. The van der Waals surface area contributed by atoms with E-state index >= 15 is 0 Å². The second-order valence-corrected chi connectivity index (χ2v) is 6.81. The first-order valence-corrected chi connectivity index (χ1v) is 8.39. The molecular formula is C16H20BrNS. The van der Waals surface area contributed by atoms with E-state index in [4.69, 9.17) is 0 Å². The predicted molar refractivity (Wildman–Crippen MR) is 87.9 cm³/mol. The zero-order chi connectivity index (χ0) is 13.7. The Kier molecular flexibility index (Phi) is 5.61. The number of halogens is 1. The summed E-state index contributed by atoms with van der Waals surface area (Å²) in [6, 6.07) is 11.3. The number of rotatable bonds is 6. The molecule has 0 bridgehead atoms. The van der Waals surface area contributed by atoms with Crippen LogP contribution in [0, 0.1) is 6.92 Å². The molecule has 0 saturated carbocycles. The van der Waals surface area contributed by atoms with Gasteiger partial charge in [0.15, 0.2) is 0 Å². The van der Waals surface area contributed by atoms with Gasteiger partial charge in [-0.2, -0.15) is 0 Å². The van der Waals surface area contributed by atoms with Gasteiger partial charge in [0.2, 0.25) is 0 Å². The Bertz CT molecular complexity index is 521. The van der Waals surface area contributed by atoms with Gasteiger partial charge in [-0.3, -0.25) is 0 Å². The first kappa shape index (κ1) is 14.8. The highest BCUT2D eigenvalue weighted by Gasteiger charge is 2.14. The van der Waals surface area contributed by atoms with Crippen molar-refractivity contribution in [2.75, 3.05) is 6.54 Å². The molecule has 2 rings (SSSR count). The van der Waals surface area contributed by atoms with Gasteiger partial charge in [-0.05, 0) is 61.0 Å². The summed E-state index contributed by atoms with van der Waals surface area (Å²) < 4.78 is 1.15. The summed E-state index contributed by atoms with van der Waals surface area (Å²) in [5.41, 5.74) is 2.81. The minimum Gasteiger partial charge on any atom is -0.310 e. The monoisotopic (exact) mass is 337 g/mol. The largest absolute Gasteiger partial charge is 0.310 e. The van der Waals surface area contributed by atoms with Crippen molar-refractivity contribution >= 4 is 27.3 Å². The molecule has 0 aliphatic heterocycles. The van der Waals surface area contributed by atoms with Gasteiger partial charge in [-0.1, -0.05) is 35.0 Å². The molecule has 1 heterocycles. The Hall–Kier alpha value is -0.640. The Balaban J connectivity index is 2.16. The van der Waals surface area contributed by atoms with Gasteiger partial charge >= 0.3 is 0 Å². The molecule has 1 atom stereocenters. The quantitative estimate of drug-likeness (QED) is 0.772. The van der Waals surface area contributed by atoms with Gasteiger partial charge < -0.3 is 5.32 Å². The van der Waals surface area contributed by atoms with Crippen molar-refractivity contribution in [2.45, 2.75) is 32.7 Å². The Morgan fingerprint density at radius 3 is 2.79 bits per heavy atom. The number of thiophene rings is 1. The van der Waals surface area contributed by atoms with Gasteiger partial charge in [0.25, 0.3) is 0 Å². The van der Waals surface area contributed by atoms with Gasteiger partial charge in [0, 0.05) is 15.4 Å². The molecular weight excluding hydrogens is 318 g/mol. The van der Waals surface area contributed by atoms with Crippen LogP contribution in [-0.2, 0) is 6.42 Å². The van der Waals surface area contributed by atoms with Crippen molar-refractivity contribution in [3.05, 3.63) is 56.2 Å². The molecule has 3 heteroatoms. The van der Waals surface area contributed by atoms with Crippen LogP contribution in [0.2, 0.25) is 0 Å². The van der Waals surface area contributed by atoms with E-state index < -0.39 is 0 Å². The molecule has 1 nitrogen and oxygen atoms in total. The SMILES string of the molecule is CCCNC(Cc1cccc(Br)c1)c1ccsc1C. The molecule has 1 aromatic carbocycles. The summed E-state index contributed by atoms with van der Waals surface area (Å²) in [5, 5.41) is 5.86. The lowest BCUT2D eigenvalue weighted by Gasteiger charge is -2.19. The molecule has 1 N–H and O–H groups in total. The standard InChI is InChI=1S/C16H20BrNS/c1-3-8-18-16(15-7-9-19-12(15)2)11-13-5-4-6-14(17)10-13/h4-7,9-10,16,18H,3,8,11H2,1-2H3. The Labute approximate surface area is 128 Å². The van der Waals surface area contributed by atoms with Crippen LogP contribution in [-0.4, -0.2) is 6.54 Å². The normalized spacial score (nSPS) is 12.6. The maximum Gasteiger partial charge on any atom is 0.0371 e. The van der Waals surface area contributed by atoms with E-state index in [9.17, 15) is 0 Å². The smallest absolute Gasteiger partial charge is 0.0371 e. The summed E-state index contributed by atoms with van der Waals surface area (Å²) in [5.74, 6) is 0. The second kappa shape index (κ2) is 7.22. The van der Waals surface area contributed by atoms with E-state index in [1.807, 2.05) is 11.3 Å². The van der Waals surface area contributed by atoms with Crippen molar-refractivity contribution in [1.29, 1.82) is 0 Å². The third kappa shape index (κ3) is 4.16. The van der Waals surface area contributed by atoms with Crippen LogP contribution in [0.25, 0.3) is 0 Å². The number of hydrogen-bond acceptors (Lipinski definition) is 2. The molecule has 0 aliphatic carbocycles. The van der Waals surface area contributed by atoms with Crippen LogP contribution in [0.5, 0.6) is 0 Å². The molecule has 1 unspecified atom stereocenters. The van der Waals surface area contributed by atoms with E-state index in [-0.39, 0.29) is 0 Å². The average molecular weight is 338 g/mol. The highest BCUT2D eigenvalue weighted by atomic mass is 79.9. The maximum atomic E-state index is 3.67. The topological polar surface area (TPSA) is 12.0 Å². The zero-order valence-electron chi connectivity index (χ0n) is 11.4. The lowest BCUT2D eigenvalue weighted by atomic mass is 9.99. The minimum atomic E-state index is 0.417. The zero-order valence-corrected chi connectivity index (χ0v) is 13.9. The van der Waals surface area contributed by atoms with Crippen LogP contribution in [0.4, 0.5) is 0 Å². The fourth-order valence-corrected chi connectivity index (χ4v) is 3.48. The van der Waals surface area contributed by atoms with Crippen molar-refractivity contribution < 1.29 is 0 Å². The molecule has 2 aromatic rings. The summed E-state index contributed by atoms with van der Waals surface area (Å²) in [4.78, 5) is 1.42. The van der Waals surface area contributed by atoms with E-state index in [1.54, 1.807) is 0 Å². The lowest BCUT2D eigenvalue weighted by molar-refractivity contribution is 0.529. The van der Waals surface area contributed by atoms with Crippen LogP contribution in [0.1, 0.15) is 35.4 Å². The molecule has 0 aliphatic rings. The van der Waals surface area contributed by atoms with E-state index in [0.717, 1.165) is 23.9 Å². The molecule has 0 spiro atoms. The number of aryl methyl sites for hydroxylation is 1. The van der Waals surface area contributed by atoms with Crippen molar-refractivity contribution in [3.8, 4) is 0 Å². The van der Waals surface area contributed by atoms with Crippen molar-refractivity contribution in [2.24, 2.45) is 0 Å². The van der Waals surface area contributed by atoms with Gasteiger partial charge in [0.05, 0.1) is 0 Å². The molecule has 1 aromatic heterocycles. The molecule has 0 radical (unpaired) electrons. The van der Waals surface area contributed by atoms with Gasteiger partial charge in [-0.25, -0.2) is 0 Å². The highest BCUT2D eigenvalue weighted by molar-refractivity contribution is 9.10. The molecule has 19 heavy (non-hydrogen) atoms. The van der Waals surface area contributed by atoms with E-state index in [0.29, 0.717) is 6.04 Å². The second-order valence-electron chi connectivity index (χ2n) is 4.77. The minimum absolute atomic E-state index is 0.417. The van der Waals surface area contributed by atoms with Gasteiger partial charge in [0.1, 0.15) is 0 Å². The van der Waals surface area contributed by atoms with Crippen LogP contribution in [0.15, 0.2) is 40.2 Å². The summed E-state index contributed by atoms with van der Waals surface area (Å²) in [6.45, 7) is 5.49. The number of hydrogen-bond donors (Lipinski definition) is 1. The fraction of sp³-hybridized carbons (Fsp3) is 0.375. The lowest BCUT2D eigenvalue weighted by Crippen LogP contribution is -2.24. The van der Waals surface area contributed by atoms with Crippen LogP contribution < -0.4 is 5.32 Å². The highest BCUT2D eigenvalue weighted by Crippen LogP contribution is 2.26. The molecule has 102 valence electrons. The predicted octanol–water partition coefficient (Wildman–Crippen LogP) is 5.10. The van der Waals surface area contributed by atoms with Crippen LogP contribution >= 0.6 is 27.3 Å². The summed E-state index contributed by atoms with van der Waals surface area (Å²) in [7, 11) is 0. The van der Waals surface area contributed by atoms with E-state index in [2.05, 4.69) is 70.8 Å². The molecule has 0 amide bonds. The summed E-state index contributed by atoms with van der Waals surface area (Å²) in [6.07, 6.45) is 2.20. The van der Waals surface area contributed by atoms with Crippen LogP contribution in [0.3, 0.4) is 0 Å². The molecule has 0 fully saturated rings. The summed E-state index contributed by atoms with van der Waals surface area (Å²) >= 11 is 5.38. The first-order valence-electron chi connectivity index (χ1n) is 6.72. The first-order chi connectivity index (χ1) is 9.20. The van der Waals surface area contributed by atoms with Crippen molar-refractivity contribution in [3.63, 3.8) is 0 Å². The maximum absolute atomic E-state index is 3.67. The number of nitrogens with one attached hydrogen (secondary N) is 1. The average Bonchev–Trinajstić information content (AvgIpc) is 2.81. The fourth-order valence-electron chi connectivity index (χ4n) is 2.27. The third-order valence-electron chi connectivity index (χ3n) is 3.24. The Morgan fingerprint density at radius 2 is 2.16 bits per heavy atom. The van der Waals surface area contributed by atoms with E-state index in [1.165, 1.54) is 16.0 Å². The van der Waals surface area contributed by atoms with Gasteiger partial charge in [-0.15, -0.1) is 11.3 Å². The molecule has 0 saturated heterocycles. The van der Waals surface area contributed by atoms with Crippen molar-refractivity contribution in [1.82, 2.24) is 5.32 Å².